The van der Waals surface area contributed by atoms with E-state index in [1.807, 2.05) is 6.20 Å². The summed E-state index contributed by atoms with van der Waals surface area (Å²) in [6.07, 6.45) is 5.91. The highest BCUT2D eigenvalue weighted by atomic mass is 16.5. The Hall–Kier alpha value is -2.09. The topological polar surface area (TPSA) is 113 Å². The van der Waals surface area contributed by atoms with Gasteiger partial charge in [0.15, 0.2) is 0 Å². The lowest BCUT2D eigenvalue weighted by Gasteiger charge is -2.24. The summed E-state index contributed by atoms with van der Waals surface area (Å²) in [7, 11) is 0. The summed E-state index contributed by atoms with van der Waals surface area (Å²) in [5, 5.41) is 2.72. The van der Waals surface area contributed by atoms with Gasteiger partial charge < -0.3 is 25.7 Å². The number of urea groups is 1. The fourth-order valence-corrected chi connectivity index (χ4v) is 3.08. The van der Waals surface area contributed by atoms with Gasteiger partial charge in [-0.25, -0.2) is 9.78 Å². The Morgan fingerprint density at radius 1 is 1.36 bits per heavy atom. The number of rotatable bonds is 9. The fraction of sp³-hybridized carbons (Fsp3) is 0.750. The van der Waals surface area contributed by atoms with E-state index in [4.69, 9.17) is 10.5 Å². The van der Waals surface area contributed by atoms with Crippen LogP contribution in [0.1, 0.15) is 70.3 Å². The Bertz CT molecular complexity index is 568. The molecule has 1 aliphatic heterocycles. The molecular weight excluding hydrogens is 358 g/mol. The molecule has 0 radical (unpaired) electrons. The molecule has 3 amide bonds. The van der Waals surface area contributed by atoms with Crippen molar-refractivity contribution in [3.8, 4) is 0 Å². The molecule has 0 saturated carbocycles. The predicted octanol–water partition coefficient (Wildman–Crippen LogP) is 2.59. The zero-order valence-corrected chi connectivity index (χ0v) is 17.7. The number of nitrogens with zero attached hydrogens (tertiary/aromatic N) is 2. The third-order valence-corrected chi connectivity index (χ3v) is 4.66. The van der Waals surface area contributed by atoms with Crippen molar-refractivity contribution >= 4 is 12.4 Å². The normalized spacial score (nSPS) is 15.1. The zero-order chi connectivity index (χ0) is 20.9. The number of aromatic amines is 1. The number of ether oxygens (including phenoxy) is 1. The summed E-state index contributed by atoms with van der Waals surface area (Å²) in [6, 6.07) is -0.349. The van der Waals surface area contributed by atoms with Crippen LogP contribution in [0.15, 0.2) is 6.20 Å². The minimum absolute atomic E-state index is 0.349. The molecular formula is C20H37N5O3. The molecule has 1 saturated heterocycles. The molecule has 1 aromatic rings. The van der Waals surface area contributed by atoms with Crippen LogP contribution in [-0.2, 0) is 9.53 Å². The highest BCUT2D eigenvalue weighted by Gasteiger charge is 2.17. The highest BCUT2D eigenvalue weighted by molar-refractivity contribution is 5.72. The quantitative estimate of drug-likeness (QED) is 0.440. The van der Waals surface area contributed by atoms with E-state index >= 15 is 0 Å². The van der Waals surface area contributed by atoms with Crippen molar-refractivity contribution in [3.63, 3.8) is 0 Å². The van der Waals surface area contributed by atoms with E-state index in [0.29, 0.717) is 44.1 Å². The molecule has 8 nitrogen and oxygen atoms in total. The SMILES string of the molecule is CC(C)CC(CCCNC=O)c1ncc(C(C)C)[nH]1.NC(=O)N1CCOCC1. The number of nitrogens with two attached hydrogens (primary N) is 1. The van der Waals surface area contributed by atoms with Gasteiger partial charge in [-0.2, -0.15) is 0 Å². The smallest absolute Gasteiger partial charge is 0.314 e. The molecule has 1 unspecified atom stereocenters. The monoisotopic (exact) mass is 395 g/mol. The van der Waals surface area contributed by atoms with Crippen molar-refractivity contribution < 1.29 is 14.3 Å². The van der Waals surface area contributed by atoms with Crippen LogP contribution in [0, 0.1) is 5.92 Å². The second-order valence-corrected chi connectivity index (χ2v) is 7.86. The molecule has 1 aliphatic rings. The van der Waals surface area contributed by atoms with Crippen LogP contribution in [0.3, 0.4) is 0 Å². The number of carbonyl (C=O) groups is 2. The van der Waals surface area contributed by atoms with Gasteiger partial charge in [-0.05, 0) is 31.1 Å². The number of aromatic nitrogens is 2. The number of amides is 3. The summed E-state index contributed by atoms with van der Waals surface area (Å²) < 4.78 is 5.00. The lowest BCUT2D eigenvalue weighted by atomic mass is 9.92. The molecule has 2 rings (SSSR count). The highest BCUT2D eigenvalue weighted by Crippen LogP contribution is 2.27. The van der Waals surface area contributed by atoms with Crippen molar-refractivity contribution in [3.05, 3.63) is 17.7 Å². The van der Waals surface area contributed by atoms with E-state index in [9.17, 15) is 9.59 Å². The van der Waals surface area contributed by atoms with Crippen molar-refractivity contribution in [2.45, 2.75) is 58.8 Å². The molecule has 1 atom stereocenters. The van der Waals surface area contributed by atoms with Crippen LogP contribution in [0.2, 0.25) is 0 Å². The number of hydrogen-bond acceptors (Lipinski definition) is 4. The van der Waals surface area contributed by atoms with Gasteiger partial charge in [0.2, 0.25) is 6.41 Å². The summed E-state index contributed by atoms with van der Waals surface area (Å²) in [5.74, 6) is 2.69. The summed E-state index contributed by atoms with van der Waals surface area (Å²) in [5.41, 5.74) is 6.20. The molecule has 0 spiro atoms. The van der Waals surface area contributed by atoms with Gasteiger partial charge in [-0.1, -0.05) is 27.7 Å². The van der Waals surface area contributed by atoms with Crippen LogP contribution in [0.4, 0.5) is 4.79 Å². The first-order valence-corrected chi connectivity index (χ1v) is 10.2. The van der Waals surface area contributed by atoms with Crippen molar-refractivity contribution in [1.29, 1.82) is 0 Å². The molecule has 8 heteroatoms. The molecule has 0 aromatic carbocycles. The third-order valence-electron chi connectivity index (χ3n) is 4.66. The second kappa shape index (κ2) is 13.1. The van der Waals surface area contributed by atoms with Gasteiger partial charge in [0.05, 0.1) is 13.2 Å². The molecule has 1 aromatic heterocycles. The molecule has 1 fully saturated rings. The van der Waals surface area contributed by atoms with E-state index in [0.717, 1.165) is 38.0 Å². The standard InChI is InChI=1S/C15H27N3O.C5H10N2O2/c1-11(2)8-13(6-5-7-16-10-19)15-17-9-14(18-15)12(3)4;6-5(8)7-1-3-9-4-2-7/h9-13H,5-8H2,1-4H3,(H,16,19)(H,17,18);1-4H2,(H2,6,8). The van der Waals surface area contributed by atoms with Gasteiger partial charge in [0.25, 0.3) is 0 Å². The first-order chi connectivity index (χ1) is 13.3. The average Bonchev–Trinajstić information content (AvgIpc) is 3.16. The van der Waals surface area contributed by atoms with Gasteiger partial charge in [-0.15, -0.1) is 0 Å². The number of hydrogen-bond donors (Lipinski definition) is 3. The molecule has 0 bridgehead atoms. The molecule has 160 valence electrons. The number of nitrogens with one attached hydrogen (secondary N) is 2. The number of H-pyrrole nitrogens is 1. The lowest BCUT2D eigenvalue weighted by molar-refractivity contribution is -0.109. The van der Waals surface area contributed by atoms with Crippen LogP contribution < -0.4 is 11.1 Å². The Labute approximate surface area is 168 Å². The maximum absolute atomic E-state index is 10.4. The number of carbonyl (C=O) groups excluding carboxylic acids is 2. The second-order valence-electron chi connectivity index (χ2n) is 7.86. The first-order valence-electron chi connectivity index (χ1n) is 10.2. The Morgan fingerprint density at radius 2 is 2.04 bits per heavy atom. The van der Waals surface area contributed by atoms with Gasteiger partial charge in [0, 0.05) is 37.4 Å². The predicted molar refractivity (Wildman–Crippen MR) is 110 cm³/mol. The first kappa shape index (κ1) is 23.9. The van der Waals surface area contributed by atoms with E-state index < -0.39 is 0 Å². The van der Waals surface area contributed by atoms with E-state index in [2.05, 4.69) is 43.0 Å². The summed E-state index contributed by atoms with van der Waals surface area (Å²) >= 11 is 0. The Morgan fingerprint density at radius 3 is 2.50 bits per heavy atom. The van der Waals surface area contributed by atoms with Crippen molar-refractivity contribution in [2.24, 2.45) is 11.7 Å². The maximum atomic E-state index is 10.4. The molecule has 28 heavy (non-hydrogen) atoms. The van der Waals surface area contributed by atoms with Crippen LogP contribution in [0.5, 0.6) is 0 Å². The van der Waals surface area contributed by atoms with E-state index in [1.165, 1.54) is 5.69 Å². The minimum Gasteiger partial charge on any atom is -0.378 e. The van der Waals surface area contributed by atoms with Gasteiger partial charge in [0.1, 0.15) is 5.82 Å². The molecule has 4 N–H and O–H groups in total. The van der Waals surface area contributed by atoms with E-state index in [-0.39, 0.29) is 6.03 Å². The zero-order valence-electron chi connectivity index (χ0n) is 17.7. The van der Waals surface area contributed by atoms with Crippen LogP contribution in [-0.4, -0.2) is 60.2 Å². The lowest BCUT2D eigenvalue weighted by Crippen LogP contribution is -2.43. The van der Waals surface area contributed by atoms with Crippen LogP contribution >= 0.6 is 0 Å². The maximum Gasteiger partial charge on any atom is 0.314 e. The fourth-order valence-electron chi connectivity index (χ4n) is 3.08. The third kappa shape index (κ3) is 9.21. The minimum atomic E-state index is -0.349. The summed E-state index contributed by atoms with van der Waals surface area (Å²) in [4.78, 5) is 30.3. The number of imidazole rings is 1. The van der Waals surface area contributed by atoms with Gasteiger partial charge >= 0.3 is 6.03 Å². The Kier molecular flexibility index (Phi) is 11.2. The summed E-state index contributed by atoms with van der Waals surface area (Å²) in [6.45, 7) is 12.1. The number of morpholine rings is 1. The van der Waals surface area contributed by atoms with Crippen molar-refractivity contribution in [1.82, 2.24) is 20.2 Å². The molecule has 0 aliphatic carbocycles. The molecule has 2 heterocycles. The van der Waals surface area contributed by atoms with Crippen LogP contribution in [0.25, 0.3) is 0 Å². The van der Waals surface area contributed by atoms with E-state index in [1.54, 1.807) is 4.90 Å². The van der Waals surface area contributed by atoms with Gasteiger partial charge in [-0.3, -0.25) is 4.79 Å². The largest absolute Gasteiger partial charge is 0.378 e. The number of primary amides is 1. The van der Waals surface area contributed by atoms with Crippen molar-refractivity contribution in [2.75, 3.05) is 32.8 Å². The average molecular weight is 396 g/mol. The Balaban J connectivity index is 0.000000362.